The van der Waals surface area contributed by atoms with Crippen molar-refractivity contribution in [2.45, 2.75) is 99.5 Å². The zero-order valence-corrected chi connectivity index (χ0v) is 22.5. The van der Waals surface area contributed by atoms with Gasteiger partial charge in [-0.25, -0.2) is 0 Å². The molecular formula is C31H48O. The Hall–Kier alpha value is -1.60. The zero-order valence-electron chi connectivity index (χ0n) is 22.5. The van der Waals surface area contributed by atoms with Crippen LogP contribution >= 0.6 is 0 Å². The number of ether oxygens (including phenoxy) is 1. The van der Waals surface area contributed by atoms with Gasteiger partial charge in [0, 0.05) is 5.41 Å². The molecule has 1 heteroatoms. The van der Waals surface area contributed by atoms with Crippen molar-refractivity contribution < 1.29 is 4.74 Å². The largest absolute Gasteiger partial charge is 0.376 e. The molecule has 1 atom stereocenters. The standard InChI is InChI=1S/C15H22O.C14H20.C2H6/c1-11(2)15(12(3)4)10-16-9-13-7-5-6-8-14(13)15;1-10(2)14(4)8-7-12-6-5-11(3)9-13(12)14;1-2/h5-8,11-12H,9-10H2,1-4H3;5-6,9-10H,7-8H2,1-4H3;1-2H3. The predicted octanol–water partition coefficient (Wildman–Crippen LogP) is 8.65. The van der Waals surface area contributed by atoms with E-state index in [9.17, 15) is 0 Å². The third-order valence-corrected chi connectivity index (χ3v) is 8.25. The van der Waals surface area contributed by atoms with Gasteiger partial charge in [-0.3, -0.25) is 0 Å². The molecule has 2 aromatic rings. The smallest absolute Gasteiger partial charge is 0.0720 e. The molecule has 1 aliphatic carbocycles. The van der Waals surface area contributed by atoms with E-state index in [1.54, 1.807) is 11.1 Å². The first kappa shape index (κ1) is 26.7. The molecule has 1 heterocycles. The maximum Gasteiger partial charge on any atom is 0.0720 e. The van der Waals surface area contributed by atoms with Crippen molar-refractivity contribution in [1.82, 2.24) is 0 Å². The maximum atomic E-state index is 5.83. The molecule has 2 aromatic carbocycles. The molecular weight excluding hydrogens is 388 g/mol. The summed E-state index contributed by atoms with van der Waals surface area (Å²) in [4.78, 5) is 0. The van der Waals surface area contributed by atoms with Crippen molar-refractivity contribution in [2.24, 2.45) is 17.8 Å². The second-order valence-electron chi connectivity index (χ2n) is 10.7. The van der Waals surface area contributed by atoms with E-state index in [4.69, 9.17) is 4.74 Å². The Balaban J connectivity index is 0.000000212. The predicted molar refractivity (Wildman–Crippen MR) is 140 cm³/mol. The summed E-state index contributed by atoms with van der Waals surface area (Å²) in [5.74, 6) is 1.95. The molecule has 0 saturated heterocycles. The van der Waals surface area contributed by atoms with E-state index < -0.39 is 0 Å². The Morgan fingerprint density at radius 3 is 2.00 bits per heavy atom. The van der Waals surface area contributed by atoms with E-state index in [1.807, 2.05) is 13.8 Å². The lowest BCUT2D eigenvalue weighted by Gasteiger charge is -2.45. The van der Waals surface area contributed by atoms with Crippen molar-refractivity contribution in [2.75, 3.05) is 6.61 Å². The molecule has 32 heavy (non-hydrogen) atoms. The first-order valence-electron chi connectivity index (χ1n) is 12.9. The highest BCUT2D eigenvalue weighted by Crippen LogP contribution is 2.45. The van der Waals surface area contributed by atoms with Crippen molar-refractivity contribution in [1.29, 1.82) is 0 Å². The molecule has 0 aromatic heterocycles. The number of hydrogen-bond donors (Lipinski definition) is 0. The van der Waals surface area contributed by atoms with Crippen LogP contribution in [0.3, 0.4) is 0 Å². The molecule has 1 aliphatic heterocycles. The van der Waals surface area contributed by atoms with Crippen molar-refractivity contribution in [3.63, 3.8) is 0 Å². The Bertz CT molecular complexity index is 853. The number of rotatable bonds is 3. The van der Waals surface area contributed by atoms with Gasteiger partial charge in [0.2, 0.25) is 0 Å². The third kappa shape index (κ3) is 4.98. The summed E-state index contributed by atoms with van der Waals surface area (Å²) in [5.41, 5.74) is 8.06. The van der Waals surface area contributed by atoms with Crippen LogP contribution in [0.1, 0.15) is 96.6 Å². The maximum absolute atomic E-state index is 5.83. The van der Waals surface area contributed by atoms with Crippen LogP contribution in [-0.2, 0) is 28.6 Å². The molecule has 0 radical (unpaired) electrons. The number of hydrogen-bond acceptors (Lipinski definition) is 1. The summed E-state index contributed by atoms with van der Waals surface area (Å²) in [6, 6.07) is 15.7. The van der Waals surface area contributed by atoms with Gasteiger partial charge in [-0.15, -0.1) is 0 Å². The number of aryl methyl sites for hydroxylation is 2. The normalized spacial score (nSPS) is 20.8. The molecule has 1 unspecified atom stereocenters. The monoisotopic (exact) mass is 436 g/mol. The van der Waals surface area contributed by atoms with E-state index in [1.165, 1.54) is 29.5 Å². The average molecular weight is 437 g/mol. The van der Waals surface area contributed by atoms with E-state index >= 15 is 0 Å². The average Bonchev–Trinajstić information content (AvgIpc) is 3.12. The van der Waals surface area contributed by atoms with Crippen LogP contribution in [-0.4, -0.2) is 6.61 Å². The van der Waals surface area contributed by atoms with Gasteiger partial charge in [-0.2, -0.15) is 0 Å². The fourth-order valence-electron chi connectivity index (χ4n) is 5.70. The lowest BCUT2D eigenvalue weighted by molar-refractivity contribution is 0.00836. The number of benzene rings is 2. The Kier molecular flexibility index (Phi) is 9.17. The molecule has 1 nitrogen and oxygen atoms in total. The molecule has 0 N–H and O–H groups in total. The van der Waals surface area contributed by atoms with E-state index in [0.29, 0.717) is 17.3 Å². The molecule has 0 bridgehead atoms. The molecule has 0 fully saturated rings. The second-order valence-corrected chi connectivity index (χ2v) is 10.7. The van der Waals surface area contributed by atoms with Gasteiger partial charge < -0.3 is 4.74 Å². The lowest BCUT2D eigenvalue weighted by atomic mass is 9.63. The van der Waals surface area contributed by atoms with Crippen LogP contribution in [0, 0.1) is 24.7 Å². The highest BCUT2D eigenvalue weighted by Gasteiger charge is 2.42. The first-order valence-corrected chi connectivity index (χ1v) is 12.9. The third-order valence-electron chi connectivity index (χ3n) is 8.25. The van der Waals surface area contributed by atoms with Crippen LogP contribution in [0.2, 0.25) is 0 Å². The van der Waals surface area contributed by atoms with Gasteiger partial charge in [-0.1, -0.05) is 110 Å². The molecule has 0 amide bonds. The van der Waals surface area contributed by atoms with Crippen LogP contribution in [0.15, 0.2) is 42.5 Å². The van der Waals surface area contributed by atoms with Gasteiger partial charge in [0.1, 0.15) is 0 Å². The highest BCUT2D eigenvalue weighted by molar-refractivity contribution is 5.41. The fourth-order valence-corrected chi connectivity index (χ4v) is 5.70. The SMILES string of the molecule is CC.CC(C)C1(C(C)C)COCc2ccccc21.Cc1ccc2c(c1)C(C)(C(C)C)CC2. The van der Waals surface area contributed by atoms with Crippen molar-refractivity contribution in [3.05, 3.63) is 70.3 Å². The summed E-state index contributed by atoms with van der Waals surface area (Å²) in [7, 11) is 0. The summed E-state index contributed by atoms with van der Waals surface area (Å²) in [5, 5.41) is 0. The second kappa shape index (κ2) is 11.0. The van der Waals surface area contributed by atoms with E-state index in [0.717, 1.165) is 19.1 Å². The van der Waals surface area contributed by atoms with Crippen LogP contribution in [0.5, 0.6) is 0 Å². The Labute approximate surface area is 199 Å². The van der Waals surface area contributed by atoms with Crippen LogP contribution in [0.25, 0.3) is 0 Å². The molecule has 4 rings (SSSR count). The van der Waals surface area contributed by atoms with Gasteiger partial charge in [0.25, 0.3) is 0 Å². The van der Waals surface area contributed by atoms with Gasteiger partial charge in [0.05, 0.1) is 13.2 Å². The molecule has 178 valence electrons. The molecule has 0 spiro atoms. The lowest BCUT2D eigenvalue weighted by Crippen LogP contribution is -2.45. The summed E-state index contributed by atoms with van der Waals surface area (Å²) in [6.45, 7) is 24.2. The molecule has 2 aliphatic rings. The Morgan fingerprint density at radius 1 is 0.781 bits per heavy atom. The van der Waals surface area contributed by atoms with Crippen molar-refractivity contribution in [3.8, 4) is 0 Å². The van der Waals surface area contributed by atoms with E-state index in [2.05, 4.69) is 97.9 Å². The van der Waals surface area contributed by atoms with Crippen LogP contribution in [0.4, 0.5) is 0 Å². The van der Waals surface area contributed by atoms with Crippen molar-refractivity contribution >= 4 is 0 Å². The Morgan fingerprint density at radius 2 is 1.41 bits per heavy atom. The quantitative estimate of drug-likeness (QED) is 0.468. The van der Waals surface area contributed by atoms with Crippen LogP contribution < -0.4 is 0 Å². The topological polar surface area (TPSA) is 9.23 Å². The fraction of sp³-hybridized carbons (Fsp3) is 0.613. The minimum atomic E-state index is 0.189. The summed E-state index contributed by atoms with van der Waals surface area (Å²) < 4.78 is 5.83. The minimum absolute atomic E-state index is 0.189. The summed E-state index contributed by atoms with van der Waals surface area (Å²) >= 11 is 0. The first-order chi connectivity index (χ1) is 15.1. The number of fused-ring (bicyclic) bond motifs is 2. The van der Waals surface area contributed by atoms with Gasteiger partial charge in [0.15, 0.2) is 0 Å². The van der Waals surface area contributed by atoms with Gasteiger partial charge >= 0.3 is 0 Å². The zero-order chi connectivity index (χ0) is 24.1. The van der Waals surface area contributed by atoms with E-state index in [-0.39, 0.29) is 5.41 Å². The molecule has 0 saturated carbocycles. The highest BCUT2D eigenvalue weighted by atomic mass is 16.5. The van der Waals surface area contributed by atoms with Gasteiger partial charge in [-0.05, 0) is 65.2 Å². The summed E-state index contributed by atoms with van der Waals surface area (Å²) in [6.07, 6.45) is 2.59. The minimum Gasteiger partial charge on any atom is -0.376 e.